The molecule has 0 amide bonds. The number of hydrogen-bond acceptors (Lipinski definition) is 4. The van der Waals surface area contributed by atoms with Gasteiger partial charge < -0.3 is 5.73 Å². The smallest absolute Gasteiger partial charge is 0.206 e. The number of aromatic nitrogens is 3. The molecule has 0 atom stereocenters. The molecule has 0 radical (unpaired) electrons. The Kier molecular flexibility index (Phi) is 2.35. The Bertz CT molecular complexity index is 513. The highest BCUT2D eigenvalue weighted by Crippen LogP contribution is 2.56. The molecule has 19 heavy (non-hydrogen) atoms. The lowest BCUT2D eigenvalue weighted by molar-refractivity contribution is -0.0441. The summed E-state index contributed by atoms with van der Waals surface area (Å²) in [5, 5.41) is 16.8. The van der Waals surface area contributed by atoms with Gasteiger partial charge in [-0.1, -0.05) is 5.21 Å². The summed E-state index contributed by atoms with van der Waals surface area (Å²) in [6, 6.07) is 2.00. The molecule has 4 aliphatic carbocycles. The van der Waals surface area contributed by atoms with Crippen LogP contribution in [0.25, 0.3) is 0 Å². The van der Waals surface area contributed by atoms with E-state index >= 15 is 0 Å². The van der Waals surface area contributed by atoms with Crippen LogP contribution >= 0.6 is 0 Å². The zero-order chi connectivity index (χ0) is 13.0. The molecule has 1 heterocycles. The molecule has 0 aromatic carbocycles. The maximum atomic E-state index is 8.89. The summed E-state index contributed by atoms with van der Waals surface area (Å²) >= 11 is 0. The second-order valence-corrected chi connectivity index (χ2v) is 6.71. The van der Waals surface area contributed by atoms with E-state index in [1.807, 2.05) is 6.07 Å². The summed E-state index contributed by atoms with van der Waals surface area (Å²) in [6.45, 7) is 0.856. The molecule has 4 bridgehead atoms. The van der Waals surface area contributed by atoms with Gasteiger partial charge in [0.1, 0.15) is 6.07 Å². The van der Waals surface area contributed by atoms with Gasteiger partial charge in [-0.05, 0) is 61.7 Å². The van der Waals surface area contributed by atoms with E-state index < -0.39 is 0 Å². The van der Waals surface area contributed by atoms with E-state index in [1.165, 1.54) is 32.1 Å². The van der Waals surface area contributed by atoms with E-state index in [9.17, 15) is 0 Å². The minimum atomic E-state index is 0.267. The van der Waals surface area contributed by atoms with Crippen LogP contribution in [0.1, 0.15) is 37.8 Å². The molecule has 0 saturated heterocycles. The van der Waals surface area contributed by atoms with Gasteiger partial charge in [-0.15, -0.1) is 5.10 Å². The van der Waals surface area contributed by atoms with E-state index in [0.717, 1.165) is 30.2 Å². The predicted octanol–water partition coefficient (Wildman–Crippen LogP) is 1.80. The van der Waals surface area contributed by atoms with Gasteiger partial charge in [0.15, 0.2) is 5.82 Å². The first-order valence-corrected chi connectivity index (χ1v) is 7.33. The zero-order valence-electron chi connectivity index (χ0n) is 11.0. The zero-order valence-corrected chi connectivity index (χ0v) is 11.0. The quantitative estimate of drug-likeness (QED) is 0.876. The lowest BCUT2D eigenvalue weighted by atomic mass is 9.52. The fraction of sp³-hybridized carbons (Fsp3) is 0.786. The van der Waals surface area contributed by atoms with Crippen LogP contribution in [0.2, 0.25) is 0 Å². The monoisotopic (exact) mass is 257 g/mol. The van der Waals surface area contributed by atoms with Crippen LogP contribution in [0.4, 0.5) is 5.82 Å². The Labute approximate surface area is 112 Å². The Balaban J connectivity index is 1.57. The van der Waals surface area contributed by atoms with Gasteiger partial charge in [0.25, 0.3) is 0 Å². The van der Waals surface area contributed by atoms with E-state index in [0.29, 0.717) is 11.7 Å². The lowest BCUT2D eigenvalue weighted by Crippen LogP contribution is -2.46. The van der Waals surface area contributed by atoms with Gasteiger partial charge in [0, 0.05) is 6.54 Å². The number of nitriles is 1. The Morgan fingerprint density at radius 3 is 2.32 bits per heavy atom. The van der Waals surface area contributed by atoms with Crippen molar-refractivity contribution in [3.8, 4) is 6.07 Å². The van der Waals surface area contributed by atoms with Gasteiger partial charge in [-0.25, -0.2) is 4.68 Å². The predicted molar refractivity (Wildman–Crippen MR) is 69.7 cm³/mol. The Morgan fingerprint density at radius 2 is 1.79 bits per heavy atom. The highest BCUT2D eigenvalue weighted by molar-refractivity contribution is 5.42. The van der Waals surface area contributed by atoms with Crippen LogP contribution in [-0.2, 0) is 6.54 Å². The Hall–Kier alpha value is -1.57. The maximum Gasteiger partial charge on any atom is 0.206 e. The molecule has 4 fully saturated rings. The van der Waals surface area contributed by atoms with Crippen LogP contribution < -0.4 is 5.73 Å². The highest BCUT2D eigenvalue weighted by Gasteiger charge is 2.48. The van der Waals surface area contributed by atoms with Crippen LogP contribution in [0.15, 0.2) is 0 Å². The fourth-order valence-electron chi connectivity index (χ4n) is 5.07. The van der Waals surface area contributed by atoms with Crippen molar-refractivity contribution < 1.29 is 0 Å². The second-order valence-electron chi connectivity index (χ2n) is 6.71. The summed E-state index contributed by atoms with van der Waals surface area (Å²) in [5.74, 6) is 4.82. The number of rotatable bonds is 2. The van der Waals surface area contributed by atoms with E-state index in [2.05, 4.69) is 10.3 Å². The van der Waals surface area contributed by atoms with Gasteiger partial charge in [-0.2, -0.15) is 5.26 Å². The molecule has 0 unspecified atom stereocenters. The molecule has 1 aromatic heterocycles. The Morgan fingerprint density at radius 1 is 1.16 bits per heavy atom. The number of hydrogen-bond donors (Lipinski definition) is 1. The molecule has 5 nitrogen and oxygen atoms in total. The van der Waals surface area contributed by atoms with Crippen LogP contribution in [0.5, 0.6) is 0 Å². The maximum absolute atomic E-state index is 8.89. The van der Waals surface area contributed by atoms with Crippen LogP contribution in [-0.4, -0.2) is 15.0 Å². The number of nitrogens with zero attached hydrogens (tertiary/aromatic N) is 4. The standard InChI is InChI=1S/C14H19N5/c15-6-13-14(16)19(18-17-13)7-12-10-2-8-1-9(4-10)5-11(12)3-8/h8-12H,1-5,7,16H2. The normalized spacial score (nSPS) is 39.4. The molecule has 100 valence electrons. The van der Waals surface area contributed by atoms with Crippen molar-refractivity contribution >= 4 is 5.82 Å². The molecule has 1 aromatic rings. The van der Waals surface area contributed by atoms with Gasteiger partial charge >= 0.3 is 0 Å². The first-order chi connectivity index (χ1) is 9.24. The first kappa shape index (κ1) is 11.3. The third kappa shape index (κ3) is 1.66. The number of nitrogens with two attached hydrogens (primary N) is 1. The number of nitrogen functional groups attached to an aromatic ring is 1. The van der Waals surface area contributed by atoms with E-state index in [1.54, 1.807) is 4.68 Å². The SMILES string of the molecule is N#Cc1nnn(CC2C3CC4CC(C3)CC2C4)c1N. The van der Waals surface area contributed by atoms with Crippen molar-refractivity contribution in [1.82, 2.24) is 15.0 Å². The fourth-order valence-corrected chi connectivity index (χ4v) is 5.07. The van der Waals surface area contributed by atoms with Crippen LogP contribution in [0, 0.1) is 40.9 Å². The average molecular weight is 257 g/mol. The van der Waals surface area contributed by atoms with Crippen molar-refractivity contribution in [1.29, 1.82) is 5.26 Å². The van der Waals surface area contributed by atoms with Crippen molar-refractivity contribution in [3.63, 3.8) is 0 Å². The number of anilines is 1. The van der Waals surface area contributed by atoms with Crippen LogP contribution in [0.3, 0.4) is 0 Å². The van der Waals surface area contributed by atoms with Gasteiger partial charge in [-0.3, -0.25) is 0 Å². The van der Waals surface area contributed by atoms with E-state index in [4.69, 9.17) is 11.0 Å². The largest absolute Gasteiger partial charge is 0.381 e. The molecule has 2 N–H and O–H groups in total. The molecule has 4 aliphatic rings. The molecule has 0 spiro atoms. The minimum absolute atomic E-state index is 0.267. The van der Waals surface area contributed by atoms with Crippen molar-refractivity contribution in [2.45, 2.75) is 38.6 Å². The van der Waals surface area contributed by atoms with Gasteiger partial charge in [0.05, 0.1) is 0 Å². The summed E-state index contributed by atoms with van der Waals surface area (Å²) in [4.78, 5) is 0. The van der Waals surface area contributed by atoms with Crippen molar-refractivity contribution in [3.05, 3.63) is 5.69 Å². The molecule has 5 heteroatoms. The third-order valence-corrected chi connectivity index (χ3v) is 5.69. The molecule has 0 aliphatic heterocycles. The molecule has 4 saturated carbocycles. The van der Waals surface area contributed by atoms with Gasteiger partial charge in [0.2, 0.25) is 5.69 Å². The summed E-state index contributed by atoms with van der Waals surface area (Å²) < 4.78 is 1.76. The summed E-state index contributed by atoms with van der Waals surface area (Å²) in [7, 11) is 0. The minimum Gasteiger partial charge on any atom is -0.381 e. The van der Waals surface area contributed by atoms with E-state index in [-0.39, 0.29) is 5.69 Å². The van der Waals surface area contributed by atoms with Crippen molar-refractivity contribution in [2.75, 3.05) is 5.73 Å². The molecule has 5 rings (SSSR count). The average Bonchev–Trinajstić information content (AvgIpc) is 2.74. The topological polar surface area (TPSA) is 80.5 Å². The molecular weight excluding hydrogens is 238 g/mol. The second kappa shape index (κ2) is 3.96. The summed E-state index contributed by atoms with van der Waals surface area (Å²) in [6.07, 6.45) is 7.08. The summed E-state index contributed by atoms with van der Waals surface area (Å²) in [5.41, 5.74) is 6.20. The first-order valence-electron chi connectivity index (χ1n) is 7.33. The lowest BCUT2D eigenvalue weighted by Gasteiger charge is -2.54. The highest BCUT2D eigenvalue weighted by atomic mass is 15.4. The molecular formula is C14H19N5. The van der Waals surface area contributed by atoms with Crippen molar-refractivity contribution in [2.24, 2.45) is 29.6 Å². The third-order valence-electron chi connectivity index (χ3n) is 5.69.